The third-order valence-corrected chi connectivity index (χ3v) is 12.3. The first-order valence-electron chi connectivity index (χ1n) is 21.7. The fourth-order valence-corrected chi connectivity index (χ4v) is 8.79. The number of halogens is 3. The fourth-order valence-electron chi connectivity index (χ4n) is 8.79. The lowest BCUT2D eigenvalue weighted by Gasteiger charge is -2.18. The summed E-state index contributed by atoms with van der Waals surface area (Å²) in [4.78, 5) is 52.4. The van der Waals surface area contributed by atoms with Crippen LogP contribution in [0.1, 0.15) is 97.2 Å². The first-order valence-corrected chi connectivity index (χ1v) is 21.7. The number of carbonyl (C=O) groups is 3. The molecule has 9 nitrogen and oxygen atoms in total. The number of amides is 1. The standard InChI is InChI=1S/C27H23F3N2O3.C26H23NO3/c1-35-25(33)22-15-19(18-8-9-18)10-11-20(22)13-17-7-12-23-24(14-17)31(16-27(28,29)30)26(34)32(23)21-5-3-2-4-6-21;1-30-26(29)23-15-19(18-8-9-18)10-11-20(23)13-17-7-12-24-21(14-17)16-25(28)27(24)22-5-3-2-4-6-22/h2-7,10-12,14-15,18H,8-9,13,16H2,1H3;2-7,10-12,14-15,18H,8-9,13,16H2,1H3. The molecule has 12 heteroatoms. The average Bonchev–Trinajstić information content (AvgIpc) is 4.26. The molecule has 0 atom stereocenters. The van der Waals surface area contributed by atoms with Crippen LogP contribution in [0, 0.1) is 0 Å². The Labute approximate surface area is 373 Å². The highest BCUT2D eigenvalue weighted by Gasteiger charge is 2.32. The molecule has 7 aromatic rings. The van der Waals surface area contributed by atoms with Crippen molar-refractivity contribution in [2.45, 2.75) is 69.5 Å². The molecule has 1 aromatic heterocycles. The van der Waals surface area contributed by atoms with Crippen molar-refractivity contribution < 1.29 is 37.0 Å². The SMILES string of the molecule is COC(=O)c1cc(C2CC2)ccc1Cc1ccc2c(c1)CC(=O)N2c1ccccc1.COC(=O)c1cc(C2CC2)ccc1Cc1ccc2c(c1)n(CC(F)(F)F)c(=O)n2-c1ccccc1. The van der Waals surface area contributed by atoms with E-state index in [4.69, 9.17) is 9.47 Å². The maximum atomic E-state index is 13.4. The van der Waals surface area contributed by atoms with Gasteiger partial charge in [0.15, 0.2) is 0 Å². The van der Waals surface area contributed by atoms with E-state index in [0.29, 0.717) is 64.6 Å². The van der Waals surface area contributed by atoms with Crippen LogP contribution in [0.3, 0.4) is 0 Å². The summed E-state index contributed by atoms with van der Waals surface area (Å²) in [5.41, 5.74) is 9.98. The normalized spacial score (nSPS) is 14.5. The zero-order valence-corrected chi connectivity index (χ0v) is 35.9. The van der Waals surface area contributed by atoms with Crippen LogP contribution in [0.5, 0.6) is 0 Å². The number of hydrogen-bond donors (Lipinski definition) is 0. The van der Waals surface area contributed by atoms with Gasteiger partial charge in [-0.05, 0) is 144 Å². The number of esters is 2. The van der Waals surface area contributed by atoms with Gasteiger partial charge in [0.1, 0.15) is 6.54 Å². The molecule has 1 amide bonds. The Hall–Kier alpha value is -7.21. The van der Waals surface area contributed by atoms with E-state index < -0.39 is 24.4 Å². The van der Waals surface area contributed by atoms with Gasteiger partial charge in [-0.15, -0.1) is 0 Å². The predicted octanol–water partition coefficient (Wildman–Crippen LogP) is 10.8. The highest BCUT2D eigenvalue weighted by molar-refractivity contribution is 6.07. The monoisotopic (exact) mass is 877 g/mol. The number of rotatable bonds is 11. The van der Waals surface area contributed by atoms with Gasteiger partial charge in [-0.25, -0.2) is 14.4 Å². The number of alkyl halides is 3. The van der Waals surface area contributed by atoms with Crippen LogP contribution in [0.4, 0.5) is 24.5 Å². The van der Waals surface area contributed by atoms with Crippen molar-refractivity contribution in [2.24, 2.45) is 0 Å². The lowest BCUT2D eigenvalue weighted by molar-refractivity contribution is -0.140. The van der Waals surface area contributed by atoms with Gasteiger partial charge in [-0.2, -0.15) is 13.2 Å². The van der Waals surface area contributed by atoms with Crippen molar-refractivity contribution in [3.8, 4) is 5.69 Å². The number of fused-ring (bicyclic) bond motifs is 2. The molecule has 2 saturated carbocycles. The minimum atomic E-state index is -4.56. The number of aromatic nitrogens is 2. The van der Waals surface area contributed by atoms with E-state index in [1.54, 1.807) is 53.4 Å². The molecule has 3 aliphatic rings. The molecule has 6 aromatic carbocycles. The molecule has 0 spiro atoms. The molecule has 2 aliphatic carbocycles. The molecule has 2 fully saturated rings. The van der Waals surface area contributed by atoms with Gasteiger partial charge < -0.3 is 9.47 Å². The number of para-hydroxylation sites is 2. The molecule has 0 saturated heterocycles. The van der Waals surface area contributed by atoms with Crippen molar-refractivity contribution in [3.05, 3.63) is 194 Å². The highest BCUT2D eigenvalue weighted by Crippen LogP contribution is 2.42. The number of benzene rings is 6. The quantitative estimate of drug-likeness (QED) is 0.120. The second kappa shape index (κ2) is 17.8. The van der Waals surface area contributed by atoms with Crippen LogP contribution in [0.2, 0.25) is 0 Å². The minimum absolute atomic E-state index is 0.0809. The van der Waals surface area contributed by atoms with Crippen molar-refractivity contribution >= 4 is 40.3 Å². The van der Waals surface area contributed by atoms with Gasteiger partial charge in [-0.1, -0.05) is 78.9 Å². The first-order chi connectivity index (χ1) is 31.4. The molecule has 0 unspecified atom stereocenters. The van der Waals surface area contributed by atoms with Crippen LogP contribution >= 0.6 is 0 Å². The minimum Gasteiger partial charge on any atom is -0.465 e. The van der Waals surface area contributed by atoms with Gasteiger partial charge in [0.25, 0.3) is 0 Å². The Morgan fingerprint density at radius 3 is 1.66 bits per heavy atom. The molecule has 1 aliphatic heterocycles. The molecule has 330 valence electrons. The first kappa shape index (κ1) is 43.1. The zero-order valence-electron chi connectivity index (χ0n) is 35.9. The topological polar surface area (TPSA) is 99.8 Å². The van der Waals surface area contributed by atoms with E-state index in [2.05, 4.69) is 18.2 Å². The summed E-state index contributed by atoms with van der Waals surface area (Å²) in [6.45, 7) is -1.39. The van der Waals surface area contributed by atoms with Crippen LogP contribution in [0.25, 0.3) is 16.7 Å². The summed E-state index contributed by atoms with van der Waals surface area (Å²) in [5.74, 6) is 0.375. The predicted molar refractivity (Wildman–Crippen MR) is 242 cm³/mol. The van der Waals surface area contributed by atoms with E-state index in [-0.39, 0.29) is 17.4 Å². The van der Waals surface area contributed by atoms with Crippen LogP contribution in [-0.4, -0.2) is 47.4 Å². The maximum absolute atomic E-state index is 13.4. The number of nitrogens with zero attached hydrogens (tertiary/aromatic N) is 3. The van der Waals surface area contributed by atoms with Gasteiger partial charge in [0.05, 0.1) is 54.2 Å². The number of hydrogen-bond acceptors (Lipinski definition) is 6. The van der Waals surface area contributed by atoms with E-state index in [1.807, 2.05) is 66.7 Å². The van der Waals surface area contributed by atoms with Gasteiger partial charge in [0, 0.05) is 5.69 Å². The second-order valence-electron chi connectivity index (χ2n) is 16.9. The Balaban J connectivity index is 0.000000166. The molecule has 0 N–H and O–H groups in total. The molecule has 2 heterocycles. The lowest BCUT2D eigenvalue weighted by Crippen LogP contribution is -2.29. The zero-order chi connectivity index (χ0) is 45.4. The Morgan fingerprint density at radius 1 is 0.615 bits per heavy atom. The maximum Gasteiger partial charge on any atom is 0.406 e. The summed E-state index contributed by atoms with van der Waals surface area (Å²) in [6, 6.07) is 41.4. The Morgan fingerprint density at radius 2 is 1.14 bits per heavy atom. The number of imidazole rings is 1. The van der Waals surface area contributed by atoms with E-state index in [0.717, 1.165) is 51.0 Å². The lowest BCUT2D eigenvalue weighted by atomic mass is 9.95. The number of methoxy groups -OCH3 is 2. The largest absolute Gasteiger partial charge is 0.465 e. The van der Waals surface area contributed by atoms with Crippen molar-refractivity contribution in [2.75, 3.05) is 19.1 Å². The third-order valence-electron chi connectivity index (χ3n) is 12.3. The van der Waals surface area contributed by atoms with E-state index in [9.17, 15) is 32.3 Å². The van der Waals surface area contributed by atoms with Crippen LogP contribution in [0.15, 0.2) is 138 Å². The number of ether oxygens (including phenoxy) is 2. The van der Waals surface area contributed by atoms with Crippen LogP contribution < -0.4 is 10.6 Å². The van der Waals surface area contributed by atoms with E-state index >= 15 is 0 Å². The smallest absolute Gasteiger partial charge is 0.406 e. The summed E-state index contributed by atoms with van der Waals surface area (Å²) in [6.07, 6.45) is 1.32. The fraction of sp³-hybridized carbons (Fsp3) is 0.245. The Kier molecular flexibility index (Phi) is 11.8. The molecule has 10 rings (SSSR count). The third kappa shape index (κ3) is 9.25. The summed E-state index contributed by atoms with van der Waals surface area (Å²) < 4.78 is 52.2. The summed E-state index contributed by atoms with van der Waals surface area (Å²) in [7, 11) is 2.75. The van der Waals surface area contributed by atoms with Gasteiger partial charge in [0.2, 0.25) is 5.91 Å². The Bertz CT molecular complexity index is 3000. The average molecular weight is 878 g/mol. The molecular weight excluding hydrogens is 832 g/mol. The van der Waals surface area contributed by atoms with Crippen molar-refractivity contribution in [1.29, 1.82) is 0 Å². The molecular formula is C53H46F3N3O6. The number of anilines is 2. The number of carbonyl (C=O) groups excluding carboxylic acids is 3. The molecule has 0 radical (unpaired) electrons. The molecule has 0 bridgehead atoms. The van der Waals surface area contributed by atoms with Gasteiger partial charge in [-0.3, -0.25) is 18.8 Å². The summed E-state index contributed by atoms with van der Waals surface area (Å²) in [5, 5.41) is 0. The second-order valence-corrected chi connectivity index (χ2v) is 16.9. The van der Waals surface area contributed by atoms with Crippen molar-refractivity contribution in [1.82, 2.24) is 9.13 Å². The van der Waals surface area contributed by atoms with Crippen LogP contribution in [-0.2, 0) is 40.1 Å². The van der Waals surface area contributed by atoms with E-state index in [1.165, 1.54) is 37.2 Å². The summed E-state index contributed by atoms with van der Waals surface area (Å²) >= 11 is 0. The van der Waals surface area contributed by atoms with Crippen molar-refractivity contribution in [3.63, 3.8) is 0 Å². The molecule has 65 heavy (non-hydrogen) atoms. The van der Waals surface area contributed by atoms with Gasteiger partial charge >= 0.3 is 23.8 Å². The highest BCUT2D eigenvalue weighted by atomic mass is 19.4.